The summed E-state index contributed by atoms with van der Waals surface area (Å²) < 4.78 is 56.8. The standard InChI is InChI=1S/C16H10ClF4NO3/c17-11-6-3-5-10(16(19,20)21)14(11)22-13(23)8-25-15(24)9-4-1-2-7-12(9)18/h1-7H,8H2,(H,22,23). The molecular formula is C16H10ClF4NO3. The fourth-order valence-electron chi connectivity index (χ4n) is 1.90. The first kappa shape index (κ1) is 18.7. The molecule has 1 amide bonds. The highest BCUT2D eigenvalue weighted by Gasteiger charge is 2.34. The lowest BCUT2D eigenvalue weighted by molar-refractivity contribution is -0.137. The van der Waals surface area contributed by atoms with E-state index < -0.39 is 47.3 Å². The molecule has 4 nitrogen and oxygen atoms in total. The molecule has 0 atom stereocenters. The minimum absolute atomic E-state index is 0.330. The number of halogens is 5. The van der Waals surface area contributed by atoms with Crippen molar-refractivity contribution in [2.24, 2.45) is 0 Å². The molecule has 0 radical (unpaired) electrons. The van der Waals surface area contributed by atoms with Crippen molar-refractivity contribution in [1.29, 1.82) is 0 Å². The monoisotopic (exact) mass is 375 g/mol. The van der Waals surface area contributed by atoms with Crippen molar-refractivity contribution in [2.75, 3.05) is 11.9 Å². The van der Waals surface area contributed by atoms with Crippen molar-refractivity contribution in [3.63, 3.8) is 0 Å². The molecule has 0 spiro atoms. The molecule has 0 saturated carbocycles. The Kier molecular flexibility index (Phi) is 5.63. The zero-order valence-electron chi connectivity index (χ0n) is 12.4. The fraction of sp³-hybridized carbons (Fsp3) is 0.125. The average molecular weight is 376 g/mol. The van der Waals surface area contributed by atoms with E-state index in [9.17, 15) is 27.2 Å². The summed E-state index contributed by atoms with van der Waals surface area (Å²) in [5.41, 5.74) is -2.19. The van der Waals surface area contributed by atoms with Gasteiger partial charge in [0.2, 0.25) is 0 Å². The zero-order valence-corrected chi connectivity index (χ0v) is 13.1. The third-order valence-electron chi connectivity index (χ3n) is 3.01. The minimum atomic E-state index is -4.74. The van der Waals surface area contributed by atoms with Gasteiger partial charge in [0.25, 0.3) is 5.91 Å². The quantitative estimate of drug-likeness (QED) is 0.640. The summed E-state index contributed by atoms with van der Waals surface area (Å²) in [4.78, 5) is 23.4. The van der Waals surface area contributed by atoms with Crippen LogP contribution in [0.5, 0.6) is 0 Å². The van der Waals surface area contributed by atoms with Gasteiger partial charge in [-0.2, -0.15) is 13.2 Å². The highest BCUT2D eigenvalue weighted by Crippen LogP contribution is 2.38. The summed E-state index contributed by atoms with van der Waals surface area (Å²) in [6, 6.07) is 7.90. The molecule has 0 aliphatic heterocycles. The van der Waals surface area contributed by atoms with Crippen molar-refractivity contribution < 1.29 is 31.9 Å². The van der Waals surface area contributed by atoms with Gasteiger partial charge >= 0.3 is 12.1 Å². The van der Waals surface area contributed by atoms with Crippen LogP contribution < -0.4 is 5.32 Å². The Hall–Kier alpha value is -2.61. The lowest BCUT2D eigenvalue weighted by Crippen LogP contribution is -2.23. The molecule has 25 heavy (non-hydrogen) atoms. The number of anilines is 1. The third-order valence-corrected chi connectivity index (χ3v) is 3.33. The van der Waals surface area contributed by atoms with Gasteiger partial charge in [-0.1, -0.05) is 29.8 Å². The number of esters is 1. The molecule has 2 rings (SSSR count). The van der Waals surface area contributed by atoms with E-state index >= 15 is 0 Å². The van der Waals surface area contributed by atoms with Crippen LogP contribution in [0.25, 0.3) is 0 Å². The largest absolute Gasteiger partial charge is 0.452 e. The summed E-state index contributed by atoms with van der Waals surface area (Å²) in [5, 5.41) is 1.61. The average Bonchev–Trinajstić information content (AvgIpc) is 2.54. The molecule has 0 bridgehead atoms. The van der Waals surface area contributed by atoms with Crippen LogP contribution in [-0.4, -0.2) is 18.5 Å². The van der Waals surface area contributed by atoms with E-state index in [-0.39, 0.29) is 5.02 Å². The highest BCUT2D eigenvalue weighted by molar-refractivity contribution is 6.34. The third kappa shape index (κ3) is 4.69. The Morgan fingerprint density at radius 2 is 1.76 bits per heavy atom. The number of amides is 1. The molecule has 0 aromatic heterocycles. The van der Waals surface area contributed by atoms with Crippen molar-refractivity contribution >= 4 is 29.2 Å². The van der Waals surface area contributed by atoms with Crippen LogP contribution in [-0.2, 0) is 15.7 Å². The molecule has 0 saturated heterocycles. The number of benzene rings is 2. The summed E-state index contributed by atoms with van der Waals surface area (Å²) in [5.74, 6) is -3.02. The first-order valence-electron chi connectivity index (χ1n) is 6.77. The molecule has 0 heterocycles. The van der Waals surface area contributed by atoms with Gasteiger partial charge in [0, 0.05) is 0 Å². The maximum absolute atomic E-state index is 13.4. The second-order valence-electron chi connectivity index (χ2n) is 4.76. The normalized spacial score (nSPS) is 11.1. The number of carbonyl (C=O) groups excluding carboxylic acids is 2. The predicted octanol–water partition coefficient (Wildman–Crippen LogP) is 4.29. The summed E-state index contributed by atoms with van der Waals surface area (Å²) >= 11 is 5.69. The SMILES string of the molecule is O=C(COC(=O)c1ccccc1F)Nc1c(Cl)cccc1C(F)(F)F. The molecule has 0 aliphatic rings. The van der Waals surface area contributed by atoms with Crippen LogP contribution in [0.2, 0.25) is 5.02 Å². The molecular weight excluding hydrogens is 366 g/mol. The number of carbonyl (C=O) groups is 2. The van der Waals surface area contributed by atoms with E-state index in [0.717, 1.165) is 30.3 Å². The second-order valence-corrected chi connectivity index (χ2v) is 5.17. The van der Waals surface area contributed by atoms with E-state index in [1.165, 1.54) is 12.1 Å². The molecule has 0 aliphatic carbocycles. The number of alkyl halides is 3. The number of ether oxygens (including phenoxy) is 1. The Balaban J connectivity index is 2.07. The van der Waals surface area contributed by atoms with Crippen LogP contribution in [0.1, 0.15) is 15.9 Å². The number of hydrogen-bond donors (Lipinski definition) is 1. The topological polar surface area (TPSA) is 55.4 Å². The maximum atomic E-state index is 13.4. The highest BCUT2D eigenvalue weighted by atomic mass is 35.5. The summed E-state index contributed by atoms with van der Waals surface area (Å²) in [6.07, 6.45) is -4.74. The Morgan fingerprint density at radius 1 is 1.08 bits per heavy atom. The van der Waals surface area contributed by atoms with Crippen LogP contribution in [0.4, 0.5) is 23.2 Å². The zero-order chi connectivity index (χ0) is 18.6. The molecule has 0 fully saturated rings. The predicted molar refractivity (Wildman–Crippen MR) is 81.8 cm³/mol. The Morgan fingerprint density at radius 3 is 2.40 bits per heavy atom. The van der Waals surface area contributed by atoms with Crippen molar-refractivity contribution in [3.05, 3.63) is 64.4 Å². The maximum Gasteiger partial charge on any atom is 0.418 e. The molecule has 9 heteroatoms. The van der Waals surface area contributed by atoms with Gasteiger partial charge in [0.1, 0.15) is 5.82 Å². The van der Waals surface area contributed by atoms with E-state index in [0.29, 0.717) is 0 Å². The number of rotatable bonds is 4. The molecule has 132 valence electrons. The molecule has 2 aromatic rings. The van der Waals surface area contributed by atoms with E-state index in [2.05, 4.69) is 4.74 Å². The van der Waals surface area contributed by atoms with Gasteiger partial charge < -0.3 is 10.1 Å². The van der Waals surface area contributed by atoms with Crippen LogP contribution >= 0.6 is 11.6 Å². The van der Waals surface area contributed by atoms with Crippen LogP contribution in [0.3, 0.4) is 0 Å². The van der Waals surface area contributed by atoms with Gasteiger partial charge in [-0.25, -0.2) is 9.18 Å². The number of para-hydroxylation sites is 1. The van der Waals surface area contributed by atoms with Gasteiger partial charge in [-0.3, -0.25) is 4.79 Å². The number of nitrogens with one attached hydrogen (secondary N) is 1. The van der Waals surface area contributed by atoms with Crippen molar-refractivity contribution in [2.45, 2.75) is 6.18 Å². The van der Waals surface area contributed by atoms with Crippen molar-refractivity contribution in [1.82, 2.24) is 0 Å². The van der Waals surface area contributed by atoms with E-state index in [1.54, 1.807) is 0 Å². The number of hydrogen-bond acceptors (Lipinski definition) is 3. The van der Waals surface area contributed by atoms with E-state index in [1.807, 2.05) is 5.32 Å². The van der Waals surface area contributed by atoms with E-state index in [4.69, 9.17) is 11.6 Å². The minimum Gasteiger partial charge on any atom is -0.452 e. The lowest BCUT2D eigenvalue weighted by atomic mass is 10.1. The van der Waals surface area contributed by atoms with Crippen LogP contribution in [0.15, 0.2) is 42.5 Å². The molecule has 1 N–H and O–H groups in total. The van der Waals surface area contributed by atoms with Gasteiger partial charge in [-0.05, 0) is 24.3 Å². The van der Waals surface area contributed by atoms with Gasteiger partial charge in [0.15, 0.2) is 6.61 Å². The van der Waals surface area contributed by atoms with Crippen LogP contribution in [0, 0.1) is 5.82 Å². The Labute approximate surface area is 144 Å². The first-order valence-corrected chi connectivity index (χ1v) is 7.15. The first-order chi connectivity index (χ1) is 11.7. The summed E-state index contributed by atoms with van der Waals surface area (Å²) in [7, 11) is 0. The van der Waals surface area contributed by atoms with Crippen molar-refractivity contribution in [3.8, 4) is 0 Å². The fourth-order valence-corrected chi connectivity index (χ4v) is 2.12. The molecule has 0 unspecified atom stereocenters. The Bertz CT molecular complexity index is 808. The van der Waals surface area contributed by atoms with Gasteiger partial charge in [-0.15, -0.1) is 0 Å². The second kappa shape index (κ2) is 7.52. The lowest BCUT2D eigenvalue weighted by Gasteiger charge is -2.15. The summed E-state index contributed by atoms with van der Waals surface area (Å²) in [6.45, 7) is -0.907. The van der Waals surface area contributed by atoms with Gasteiger partial charge in [0.05, 0.1) is 21.8 Å². The molecule has 2 aromatic carbocycles. The smallest absolute Gasteiger partial charge is 0.418 e.